The number of benzene rings is 2. The van der Waals surface area contributed by atoms with E-state index in [4.69, 9.17) is 9.47 Å². The standard InChI is InChI=1S/C19H18N2O3/c1-12-6-7-13-5-4-8-20-18(13)17(12)21-19(22)14-9-15(23-2)11-16(10-14)24-3/h4-11H,1-3H3,(H,21,22). The van der Waals surface area contributed by atoms with Crippen molar-refractivity contribution < 1.29 is 14.3 Å². The second-order valence-corrected chi connectivity index (χ2v) is 5.39. The van der Waals surface area contributed by atoms with E-state index in [0.29, 0.717) is 22.7 Å². The summed E-state index contributed by atoms with van der Waals surface area (Å²) in [6.07, 6.45) is 1.71. The molecule has 0 bridgehead atoms. The number of ether oxygens (including phenoxy) is 2. The molecule has 5 heteroatoms. The zero-order chi connectivity index (χ0) is 17.1. The van der Waals surface area contributed by atoms with Crippen molar-refractivity contribution in [1.29, 1.82) is 0 Å². The lowest BCUT2D eigenvalue weighted by atomic mass is 10.1. The molecule has 0 atom stereocenters. The average Bonchev–Trinajstić information content (AvgIpc) is 2.63. The molecule has 1 heterocycles. The van der Waals surface area contributed by atoms with E-state index < -0.39 is 0 Å². The van der Waals surface area contributed by atoms with E-state index in [2.05, 4.69) is 10.3 Å². The predicted molar refractivity (Wildman–Crippen MR) is 94.0 cm³/mol. The summed E-state index contributed by atoms with van der Waals surface area (Å²) in [7, 11) is 3.10. The minimum absolute atomic E-state index is 0.242. The third-order valence-corrected chi connectivity index (χ3v) is 3.84. The first-order valence-electron chi connectivity index (χ1n) is 7.51. The number of carbonyl (C=O) groups excluding carboxylic acids is 1. The molecule has 24 heavy (non-hydrogen) atoms. The molecule has 0 saturated carbocycles. The molecule has 1 amide bonds. The number of hydrogen-bond acceptors (Lipinski definition) is 4. The summed E-state index contributed by atoms with van der Waals surface area (Å²) in [5.74, 6) is 0.882. The summed E-state index contributed by atoms with van der Waals surface area (Å²) in [5.41, 5.74) is 2.88. The highest BCUT2D eigenvalue weighted by molar-refractivity contribution is 6.09. The van der Waals surface area contributed by atoms with Crippen molar-refractivity contribution in [2.45, 2.75) is 6.92 Å². The molecule has 0 aliphatic carbocycles. The van der Waals surface area contributed by atoms with E-state index in [1.54, 1.807) is 38.6 Å². The van der Waals surface area contributed by atoms with Crippen molar-refractivity contribution in [3.8, 4) is 11.5 Å². The molecule has 0 aliphatic rings. The van der Waals surface area contributed by atoms with E-state index in [1.807, 2.05) is 31.2 Å². The molecule has 0 radical (unpaired) electrons. The lowest BCUT2D eigenvalue weighted by molar-refractivity contribution is 0.102. The zero-order valence-electron chi connectivity index (χ0n) is 13.8. The molecule has 2 aromatic carbocycles. The van der Waals surface area contributed by atoms with Crippen LogP contribution in [0, 0.1) is 6.92 Å². The Morgan fingerprint density at radius 2 is 1.75 bits per heavy atom. The number of aryl methyl sites for hydroxylation is 1. The Balaban J connectivity index is 2.00. The number of fused-ring (bicyclic) bond motifs is 1. The molecule has 5 nitrogen and oxygen atoms in total. The maximum absolute atomic E-state index is 12.7. The SMILES string of the molecule is COc1cc(OC)cc(C(=O)Nc2c(C)ccc3cccnc23)c1. The third-order valence-electron chi connectivity index (χ3n) is 3.84. The van der Waals surface area contributed by atoms with Gasteiger partial charge in [0.15, 0.2) is 0 Å². The van der Waals surface area contributed by atoms with Gasteiger partial charge in [0, 0.05) is 23.2 Å². The van der Waals surface area contributed by atoms with E-state index in [-0.39, 0.29) is 5.91 Å². The minimum Gasteiger partial charge on any atom is -0.497 e. The van der Waals surface area contributed by atoms with Crippen LogP contribution in [-0.2, 0) is 0 Å². The first-order chi connectivity index (χ1) is 11.6. The number of pyridine rings is 1. The van der Waals surface area contributed by atoms with E-state index in [0.717, 1.165) is 16.5 Å². The number of amides is 1. The van der Waals surface area contributed by atoms with Crippen LogP contribution in [0.2, 0.25) is 0 Å². The summed E-state index contributed by atoms with van der Waals surface area (Å²) in [4.78, 5) is 17.1. The first kappa shape index (κ1) is 15.8. The average molecular weight is 322 g/mol. The van der Waals surface area contributed by atoms with Crippen molar-refractivity contribution in [2.75, 3.05) is 19.5 Å². The molecule has 0 fully saturated rings. The lowest BCUT2D eigenvalue weighted by Gasteiger charge is -2.12. The molecule has 3 aromatic rings. The van der Waals surface area contributed by atoms with Gasteiger partial charge in [-0.05, 0) is 30.7 Å². The number of nitrogens with one attached hydrogen (secondary N) is 1. The summed E-state index contributed by atoms with van der Waals surface area (Å²) in [6, 6.07) is 12.9. The maximum atomic E-state index is 12.7. The molecule has 0 unspecified atom stereocenters. The van der Waals surface area contributed by atoms with Gasteiger partial charge in [-0.1, -0.05) is 18.2 Å². The van der Waals surface area contributed by atoms with Gasteiger partial charge in [-0.2, -0.15) is 0 Å². The highest BCUT2D eigenvalue weighted by Crippen LogP contribution is 2.27. The summed E-state index contributed by atoms with van der Waals surface area (Å²) in [5, 5.41) is 3.93. The van der Waals surface area contributed by atoms with Crippen molar-refractivity contribution in [2.24, 2.45) is 0 Å². The highest BCUT2D eigenvalue weighted by Gasteiger charge is 2.13. The molecule has 0 saturated heterocycles. The number of carbonyl (C=O) groups is 1. The van der Waals surface area contributed by atoms with Gasteiger partial charge in [0.1, 0.15) is 11.5 Å². The van der Waals surface area contributed by atoms with Crippen molar-refractivity contribution in [1.82, 2.24) is 4.98 Å². The van der Waals surface area contributed by atoms with Crippen molar-refractivity contribution in [3.63, 3.8) is 0 Å². The Morgan fingerprint density at radius 1 is 1.04 bits per heavy atom. The van der Waals surface area contributed by atoms with Gasteiger partial charge in [-0.15, -0.1) is 0 Å². The number of anilines is 1. The molecular weight excluding hydrogens is 304 g/mol. The van der Waals surface area contributed by atoms with Crippen LogP contribution in [0.5, 0.6) is 11.5 Å². The topological polar surface area (TPSA) is 60.5 Å². The molecule has 1 aromatic heterocycles. The zero-order valence-corrected chi connectivity index (χ0v) is 13.8. The van der Waals surface area contributed by atoms with Gasteiger partial charge < -0.3 is 14.8 Å². The minimum atomic E-state index is -0.242. The Bertz CT molecular complexity index is 884. The van der Waals surface area contributed by atoms with E-state index >= 15 is 0 Å². The van der Waals surface area contributed by atoms with E-state index in [9.17, 15) is 4.79 Å². The Hall–Kier alpha value is -3.08. The highest BCUT2D eigenvalue weighted by atomic mass is 16.5. The number of methoxy groups -OCH3 is 2. The normalized spacial score (nSPS) is 10.5. The van der Waals surface area contributed by atoms with E-state index in [1.165, 1.54) is 0 Å². The first-order valence-corrected chi connectivity index (χ1v) is 7.51. The summed E-state index contributed by atoms with van der Waals surface area (Å²) in [6.45, 7) is 1.94. The quantitative estimate of drug-likeness (QED) is 0.793. The van der Waals surface area contributed by atoms with Crippen LogP contribution in [0.4, 0.5) is 5.69 Å². The van der Waals surface area contributed by atoms with Crippen LogP contribution >= 0.6 is 0 Å². The second kappa shape index (κ2) is 6.58. The third kappa shape index (κ3) is 3.01. The van der Waals surface area contributed by atoms with Gasteiger partial charge in [-0.3, -0.25) is 9.78 Å². The fourth-order valence-electron chi connectivity index (χ4n) is 2.53. The van der Waals surface area contributed by atoms with Crippen LogP contribution in [0.3, 0.4) is 0 Å². The number of rotatable bonds is 4. The molecule has 122 valence electrons. The van der Waals surface area contributed by atoms with Crippen LogP contribution in [0.25, 0.3) is 10.9 Å². The fraction of sp³-hybridized carbons (Fsp3) is 0.158. The Labute approximate surface area is 140 Å². The summed E-state index contributed by atoms with van der Waals surface area (Å²) < 4.78 is 10.4. The van der Waals surface area contributed by atoms with Crippen molar-refractivity contribution in [3.05, 3.63) is 59.8 Å². The van der Waals surface area contributed by atoms with Gasteiger partial charge >= 0.3 is 0 Å². The van der Waals surface area contributed by atoms with Crippen LogP contribution in [0.1, 0.15) is 15.9 Å². The number of nitrogens with zero attached hydrogens (tertiary/aromatic N) is 1. The largest absolute Gasteiger partial charge is 0.497 e. The Kier molecular flexibility index (Phi) is 4.33. The van der Waals surface area contributed by atoms with Gasteiger partial charge in [0.2, 0.25) is 0 Å². The van der Waals surface area contributed by atoms with Crippen LogP contribution < -0.4 is 14.8 Å². The molecule has 0 spiro atoms. The molecule has 1 N–H and O–H groups in total. The number of hydrogen-bond donors (Lipinski definition) is 1. The smallest absolute Gasteiger partial charge is 0.256 e. The lowest BCUT2D eigenvalue weighted by Crippen LogP contribution is -2.13. The van der Waals surface area contributed by atoms with Crippen LogP contribution in [-0.4, -0.2) is 25.1 Å². The monoisotopic (exact) mass is 322 g/mol. The maximum Gasteiger partial charge on any atom is 0.256 e. The molecular formula is C19H18N2O3. The molecule has 3 rings (SSSR count). The number of aromatic nitrogens is 1. The fourth-order valence-corrected chi connectivity index (χ4v) is 2.53. The molecule has 0 aliphatic heterocycles. The van der Waals surface area contributed by atoms with Gasteiger partial charge in [-0.25, -0.2) is 0 Å². The summed E-state index contributed by atoms with van der Waals surface area (Å²) >= 11 is 0. The second-order valence-electron chi connectivity index (χ2n) is 5.39. The predicted octanol–water partition coefficient (Wildman–Crippen LogP) is 3.81. The van der Waals surface area contributed by atoms with Crippen LogP contribution in [0.15, 0.2) is 48.7 Å². The van der Waals surface area contributed by atoms with Gasteiger partial charge in [0.05, 0.1) is 25.4 Å². The Morgan fingerprint density at radius 3 is 2.42 bits per heavy atom. The van der Waals surface area contributed by atoms with Crippen molar-refractivity contribution >= 4 is 22.5 Å². The van der Waals surface area contributed by atoms with Gasteiger partial charge in [0.25, 0.3) is 5.91 Å².